The quantitative estimate of drug-likeness (QED) is 0.490. The van der Waals surface area contributed by atoms with Crippen molar-refractivity contribution in [2.24, 2.45) is 11.8 Å². The molecule has 4 heteroatoms. The summed E-state index contributed by atoms with van der Waals surface area (Å²) in [5.74, 6) is 1.39. The molecule has 29 heavy (non-hydrogen) atoms. The second-order valence-corrected chi connectivity index (χ2v) is 9.82. The van der Waals surface area contributed by atoms with Crippen LogP contribution in [-0.2, 0) is 0 Å². The second-order valence-electron chi connectivity index (χ2n) is 8.91. The summed E-state index contributed by atoms with van der Waals surface area (Å²) < 4.78 is 1.07. The van der Waals surface area contributed by atoms with Gasteiger partial charge in [0.1, 0.15) is 0 Å². The van der Waals surface area contributed by atoms with E-state index in [9.17, 15) is 0 Å². The van der Waals surface area contributed by atoms with Crippen molar-refractivity contribution in [3.8, 4) is 0 Å². The lowest BCUT2D eigenvalue weighted by Gasteiger charge is -2.38. The average molecular weight is 458 g/mol. The lowest BCUT2D eigenvalue weighted by molar-refractivity contribution is 0.204. The van der Waals surface area contributed by atoms with Crippen LogP contribution in [0.3, 0.4) is 0 Å². The van der Waals surface area contributed by atoms with Crippen LogP contribution in [-0.4, -0.2) is 35.5 Å². The Hall–Kier alpha value is -1.68. The van der Waals surface area contributed by atoms with Crippen LogP contribution in [0, 0.1) is 11.8 Å². The maximum Gasteiger partial charge on any atom is 0.0683 e. The summed E-state index contributed by atoms with van der Waals surface area (Å²) in [6.45, 7) is 23.2. The molecular weight excluding hydrogens is 422 g/mol. The first-order chi connectivity index (χ1) is 13.8. The second kappa shape index (κ2) is 9.42. The van der Waals surface area contributed by atoms with Crippen LogP contribution in [0.4, 0.5) is 5.69 Å². The lowest BCUT2D eigenvalue weighted by atomic mass is 9.91. The SMILES string of the molecule is C=C(Nc1ccc(Br)cc1C(=C)N1C[C@H](C)C[C@H](C)C1)C1CCCN1C(=C)CC. The molecule has 0 aromatic heterocycles. The predicted molar refractivity (Wildman–Crippen MR) is 130 cm³/mol. The number of anilines is 1. The van der Waals surface area contributed by atoms with Crippen molar-refractivity contribution in [1.29, 1.82) is 0 Å². The van der Waals surface area contributed by atoms with E-state index in [1.54, 1.807) is 0 Å². The van der Waals surface area contributed by atoms with E-state index >= 15 is 0 Å². The third kappa shape index (κ3) is 5.09. The number of benzene rings is 1. The summed E-state index contributed by atoms with van der Waals surface area (Å²) in [5.41, 5.74) is 5.59. The number of allylic oxidation sites excluding steroid dienone is 1. The Balaban J connectivity index is 1.81. The van der Waals surface area contributed by atoms with Gasteiger partial charge >= 0.3 is 0 Å². The maximum absolute atomic E-state index is 4.49. The maximum atomic E-state index is 4.49. The fourth-order valence-electron chi connectivity index (χ4n) is 4.88. The van der Waals surface area contributed by atoms with Crippen molar-refractivity contribution in [2.75, 3.05) is 25.0 Å². The van der Waals surface area contributed by atoms with Crippen LogP contribution in [0.1, 0.15) is 52.0 Å². The van der Waals surface area contributed by atoms with E-state index < -0.39 is 0 Å². The van der Waals surface area contributed by atoms with Gasteiger partial charge in [-0.25, -0.2) is 0 Å². The molecule has 0 saturated carbocycles. The van der Waals surface area contributed by atoms with Crippen LogP contribution in [0.15, 0.2) is 53.8 Å². The monoisotopic (exact) mass is 457 g/mol. The van der Waals surface area contributed by atoms with Crippen molar-refractivity contribution < 1.29 is 0 Å². The van der Waals surface area contributed by atoms with Crippen molar-refractivity contribution in [2.45, 2.75) is 52.5 Å². The number of likely N-dealkylation sites (tertiary alicyclic amines) is 2. The van der Waals surface area contributed by atoms with Crippen molar-refractivity contribution >= 4 is 27.3 Å². The van der Waals surface area contributed by atoms with E-state index in [1.165, 1.54) is 18.5 Å². The van der Waals surface area contributed by atoms with Gasteiger partial charge in [-0.05, 0) is 55.7 Å². The molecule has 0 radical (unpaired) electrons. The highest BCUT2D eigenvalue weighted by molar-refractivity contribution is 9.10. The zero-order valence-electron chi connectivity index (χ0n) is 18.3. The predicted octanol–water partition coefficient (Wildman–Crippen LogP) is 6.71. The molecular formula is C25H36BrN3. The van der Waals surface area contributed by atoms with Gasteiger partial charge < -0.3 is 15.1 Å². The number of rotatable bonds is 7. The number of nitrogens with one attached hydrogen (secondary N) is 1. The number of nitrogens with zero attached hydrogens (tertiary/aromatic N) is 2. The van der Waals surface area contributed by atoms with E-state index in [0.717, 1.165) is 59.6 Å². The van der Waals surface area contributed by atoms with Gasteiger partial charge in [-0.15, -0.1) is 0 Å². The van der Waals surface area contributed by atoms with Gasteiger partial charge in [0.25, 0.3) is 0 Å². The van der Waals surface area contributed by atoms with Gasteiger partial charge in [-0.2, -0.15) is 0 Å². The van der Waals surface area contributed by atoms with E-state index in [2.05, 4.69) is 89.8 Å². The Bertz CT molecular complexity index is 774. The molecule has 1 unspecified atom stereocenters. The third-order valence-electron chi connectivity index (χ3n) is 6.31. The zero-order chi connectivity index (χ0) is 21.1. The summed E-state index contributed by atoms with van der Waals surface area (Å²) >= 11 is 3.65. The van der Waals surface area contributed by atoms with Gasteiger partial charge in [-0.3, -0.25) is 0 Å². The standard InChI is InChI=1S/C25H36BrN3/c1-7-19(4)29-12-8-9-25(29)20(5)27-24-11-10-22(26)14-23(24)21(6)28-15-17(2)13-18(3)16-28/h10-11,14,17-18,25,27H,4-9,12-13,15-16H2,1-3H3/t17-,18+,25?. The molecule has 1 N–H and O–H groups in total. The Kier molecular flexibility index (Phi) is 7.15. The summed E-state index contributed by atoms with van der Waals surface area (Å²) in [7, 11) is 0. The molecule has 0 bridgehead atoms. The van der Waals surface area contributed by atoms with Gasteiger partial charge in [0.05, 0.1) is 6.04 Å². The van der Waals surface area contributed by atoms with Gasteiger partial charge in [-0.1, -0.05) is 56.4 Å². The van der Waals surface area contributed by atoms with Crippen molar-refractivity contribution in [3.63, 3.8) is 0 Å². The smallest absolute Gasteiger partial charge is 0.0683 e. The number of hydrogen-bond acceptors (Lipinski definition) is 3. The molecule has 0 spiro atoms. The summed E-state index contributed by atoms with van der Waals surface area (Å²) in [4.78, 5) is 4.87. The lowest BCUT2D eigenvalue weighted by Crippen LogP contribution is -2.37. The molecule has 1 aromatic carbocycles. The summed E-state index contributed by atoms with van der Waals surface area (Å²) in [5, 5.41) is 3.65. The minimum atomic E-state index is 0.308. The van der Waals surface area contributed by atoms with Gasteiger partial charge in [0.2, 0.25) is 0 Å². The van der Waals surface area contributed by atoms with Crippen LogP contribution < -0.4 is 5.32 Å². The Labute approximate surface area is 185 Å². The molecule has 158 valence electrons. The van der Waals surface area contributed by atoms with Gasteiger partial charge in [0, 0.05) is 52.4 Å². The highest BCUT2D eigenvalue weighted by Gasteiger charge is 2.28. The van der Waals surface area contributed by atoms with E-state index in [-0.39, 0.29) is 0 Å². The zero-order valence-corrected chi connectivity index (χ0v) is 19.9. The molecule has 3 atom stereocenters. The number of hydrogen-bond donors (Lipinski definition) is 1. The molecule has 2 fully saturated rings. The molecule has 0 aliphatic carbocycles. The molecule has 2 aliphatic rings. The molecule has 3 nitrogen and oxygen atoms in total. The van der Waals surface area contributed by atoms with E-state index in [0.29, 0.717) is 17.9 Å². The van der Waals surface area contributed by atoms with Crippen molar-refractivity contribution in [3.05, 3.63) is 59.4 Å². The minimum absolute atomic E-state index is 0.308. The first-order valence-electron chi connectivity index (χ1n) is 10.9. The van der Waals surface area contributed by atoms with Crippen molar-refractivity contribution in [1.82, 2.24) is 9.80 Å². The highest BCUT2D eigenvalue weighted by atomic mass is 79.9. The first-order valence-corrected chi connectivity index (χ1v) is 11.7. The number of piperidine rings is 1. The average Bonchev–Trinajstić information content (AvgIpc) is 3.17. The minimum Gasteiger partial charge on any atom is -0.371 e. The fourth-order valence-corrected chi connectivity index (χ4v) is 5.25. The van der Waals surface area contributed by atoms with Crippen LogP contribution in [0.2, 0.25) is 0 Å². The Morgan fingerprint density at radius 2 is 1.86 bits per heavy atom. The Morgan fingerprint density at radius 1 is 1.17 bits per heavy atom. The molecule has 2 aliphatic heterocycles. The first kappa shape index (κ1) is 22.0. The topological polar surface area (TPSA) is 18.5 Å². The molecule has 1 aromatic rings. The van der Waals surface area contributed by atoms with Gasteiger partial charge in [0.15, 0.2) is 0 Å². The van der Waals surface area contributed by atoms with E-state index in [1.807, 2.05) is 0 Å². The normalized spacial score (nSPS) is 24.5. The largest absolute Gasteiger partial charge is 0.371 e. The van der Waals surface area contributed by atoms with Crippen LogP contribution in [0.25, 0.3) is 5.70 Å². The molecule has 3 rings (SSSR count). The number of halogens is 1. The Morgan fingerprint density at radius 3 is 2.52 bits per heavy atom. The summed E-state index contributed by atoms with van der Waals surface area (Å²) in [6.07, 6.45) is 4.59. The summed E-state index contributed by atoms with van der Waals surface area (Å²) in [6, 6.07) is 6.72. The van der Waals surface area contributed by atoms with E-state index in [4.69, 9.17) is 0 Å². The fraction of sp³-hybridized carbons (Fsp3) is 0.520. The molecule has 0 amide bonds. The van der Waals surface area contributed by atoms with Crippen LogP contribution >= 0.6 is 15.9 Å². The highest BCUT2D eigenvalue weighted by Crippen LogP contribution is 2.35. The molecule has 2 heterocycles. The third-order valence-corrected chi connectivity index (χ3v) is 6.80. The van der Waals surface area contributed by atoms with Crippen LogP contribution in [0.5, 0.6) is 0 Å². The molecule has 2 saturated heterocycles.